The molecule has 0 aromatic heterocycles. The maximum Gasteiger partial charge on any atom is 0.177 e. The Balaban J connectivity index is 2.88. The second-order valence-electron chi connectivity index (χ2n) is 2.87. The Morgan fingerprint density at radius 2 is 2.40 bits per heavy atom. The molecule has 1 aliphatic heterocycles. The largest absolute Gasteiger partial charge is 0.624 e. The second-order valence-corrected chi connectivity index (χ2v) is 4.68. The molecular weight excluding hydrogens is 194 g/mol. The van der Waals surface area contributed by atoms with E-state index in [1.54, 1.807) is 6.21 Å². The molecule has 0 aromatic rings. The lowest BCUT2D eigenvalue weighted by Crippen LogP contribution is -2.30. The Labute approximate surface area is 69.0 Å². The fraction of sp³-hybridized carbons (Fsp3) is 0.571. The molecule has 1 atom stereocenters. The van der Waals surface area contributed by atoms with Crippen LogP contribution in [-0.2, 0) is 0 Å². The van der Waals surface area contributed by atoms with Gasteiger partial charge in [-0.2, -0.15) is 0 Å². The predicted octanol–water partition coefficient (Wildman–Crippen LogP) is 1.68. The molecule has 0 N–H and O–H groups in total. The molecule has 1 unspecified atom stereocenters. The van der Waals surface area contributed by atoms with E-state index in [2.05, 4.69) is 15.9 Å². The monoisotopic (exact) mass is 203 g/mol. The second kappa shape index (κ2) is 2.38. The van der Waals surface area contributed by atoms with Crippen LogP contribution < -0.4 is 0 Å². The Morgan fingerprint density at radius 3 is 2.80 bits per heavy atom. The molecule has 0 saturated heterocycles. The van der Waals surface area contributed by atoms with Gasteiger partial charge in [0.25, 0.3) is 0 Å². The Morgan fingerprint density at radius 1 is 1.80 bits per heavy atom. The Hall–Kier alpha value is -0.310. The number of alkyl halides is 1. The van der Waals surface area contributed by atoms with Crippen molar-refractivity contribution in [3.05, 3.63) is 16.9 Å². The third kappa shape index (κ3) is 1.84. The summed E-state index contributed by atoms with van der Waals surface area (Å²) in [6.07, 6.45) is 3.64. The van der Waals surface area contributed by atoms with Crippen LogP contribution in [0.15, 0.2) is 11.6 Å². The normalized spacial score (nSPS) is 33.1. The van der Waals surface area contributed by atoms with Crippen LogP contribution in [0.2, 0.25) is 0 Å². The fourth-order valence-electron chi connectivity index (χ4n) is 1.14. The van der Waals surface area contributed by atoms with Crippen molar-refractivity contribution in [3.63, 3.8) is 0 Å². The quantitative estimate of drug-likeness (QED) is 0.335. The molecule has 56 valence electrons. The molecule has 0 fully saturated rings. The first-order chi connectivity index (χ1) is 4.49. The van der Waals surface area contributed by atoms with Gasteiger partial charge in [0.05, 0.1) is 0 Å². The minimum absolute atomic E-state index is 0.145. The van der Waals surface area contributed by atoms with E-state index in [4.69, 9.17) is 0 Å². The van der Waals surface area contributed by atoms with Gasteiger partial charge in [0.15, 0.2) is 12.8 Å². The molecule has 0 aromatic carbocycles. The fourth-order valence-corrected chi connectivity index (χ4v) is 1.74. The van der Waals surface area contributed by atoms with Gasteiger partial charge in [0, 0.05) is 5.57 Å². The Kier molecular flexibility index (Phi) is 1.86. The molecule has 3 heteroatoms. The van der Waals surface area contributed by atoms with Gasteiger partial charge < -0.3 is 5.21 Å². The summed E-state index contributed by atoms with van der Waals surface area (Å²) in [5.41, 5.74) is 1.01. The maximum atomic E-state index is 10.9. The van der Waals surface area contributed by atoms with Crippen molar-refractivity contribution in [3.8, 4) is 0 Å². The average molecular weight is 204 g/mol. The van der Waals surface area contributed by atoms with Crippen LogP contribution >= 0.6 is 15.9 Å². The van der Waals surface area contributed by atoms with Crippen molar-refractivity contribution in [2.75, 3.05) is 6.54 Å². The zero-order valence-electron chi connectivity index (χ0n) is 6.10. The first-order valence-electron chi connectivity index (χ1n) is 3.17. The highest BCUT2D eigenvalue weighted by Crippen LogP contribution is 2.22. The number of hydrogen-bond donors (Lipinski definition) is 0. The zero-order chi connectivity index (χ0) is 7.78. The minimum atomic E-state index is -0.145. The molecule has 0 spiro atoms. The molecule has 1 rings (SSSR count). The van der Waals surface area contributed by atoms with Crippen molar-refractivity contribution in [2.24, 2.45) is 0 Å². The topological polar surface area (TPSA) is 26.1 Å². The van der Waals surface area contributed by atoms with Crippen molar-refractivity contribution >= 4 is 22.1 Å². The summed E-state index contributed by atoms with van der Waals surface area (Å²) in [7, 11) is 0. The van der Waals surface area contributed by atoms with E-state index in [-0.39, 0.29) is 4.32 Å². The number of nitrogens with zero attached hydrogens (tertiary/aromatic N) is 1. The third-order valence-electron chi connectivity index (χ3n) is 1.34. The van der Waals surface area contributed by atoms with Crippen LogP contribution in [0, 0.1) is 5.21 Å². The number of allylic oxidation sites excluding steroid dienone is 1. The summed E-state index contributed by atoms with van der Waals surface area (Å²) in [6.45, 7) is 4.39. The van der Waals surface area contributed by atoms with Crippen molar-refractivity contribution < 1.29 is 4.74 Å². The van der Waals surface area contributed by atoms with Gasteiger partial charge in [-0.15, -0.1) is 0 Å². The first kappa shape index (κ1) is 7.79. The SMILES string of the molecule is CC1=CC(C)(Br)C[N+]([O-])=C1. The van der Waals surface area contributed by atoms with Gasteiger partial charge in [-0.25, -0.2) is 4.74 Å². The molecular formula is C7H10BrNO. The summed E-state index contributed by atoms with van der Waals surface area (Å²) >= 11 is 3.44. The lowest BCUT2D eigenvalue weighted by Gasteiger charge is -2.20. The van der Waals surface area contributed by atoms with Crippen LogP contribution in [0.1, 0.15) is 13.8 Å². The van der Waals surface area contributed by atoms with E-state index in [0.717, 1.165) is 10.3 Å². The van der Waals surface area contributed by atoms with E-state index in [1.807, 2.05) is 19.9 Å². The van der Waals surface area contributed by atoms with Gasteiger partial charge in [-0.05, 0) is 13.8 Å². The van der Waals surface area contributed by atoms with E-state index in [1.165, 1.54) is 0 Å². The summed E-state index contributed by atoms with van der Waals surface area (Å²) in [6, 6.07) is 0. The third-order valence-corrected chi connectivity index (χ3v) is 1.82. The molecule has 2 nitrogen and oxygen atoms in total. The molecule has 1 heterocycles. The van der Waals surface area contributed by atoms with Crippen molar-refractivity contribution in [2.45, 2.75) is 18.2 Å². The highest BCUT2D eigenvalue weighted by Gasteiger charge is 2.25. The first-order valence-corrected chi connectivity index (χ1v) is 3.96. The van der Waals surface area contributed by atoms with Gasteiger partial charge in [0.1, 0.15) is 4.32 Å². The van der Waals surface area contributed by atoms with E-state index >= 15 is 0 Å². The number of halogens is 1. The smallest absolute Gasteiger partial charge is 0.177 e. The van der Waals surface area contributed by atoms with Gasteiger partial charge in [-0.3, -0.25) is 0 Å². The van der Waals surface area contributed by atoms with Gasteiger partial charge in [0.2, 0.25) is 0 Å². The summed E-state index contributed by atoms with van der Waals surface area (Å²) < 4.78 is 0.803. The van der Waals surface area contributed by atoms with Crippen molar-refractivity contribution in [1.29, 1.82) is 0 Å². The van der Waals surface area contributed by atoms with Crippen molar-refractivity contribution in [1.82, 2.24) is 0 Å². The average Bonchev–Trinajstić information content (AvgIpc) is 1.54. The molecule has 1 aliphatic rings. The molecule has 10 heavy (non-hydrogen) atoms. The Bertz CT molecular complexity index is 206. The van der Waals surface area contributed by atoms with Gasteiger partial charge >= 0.3 is 0 Å². The standard InChI is InChI=1S/C7H10BrNO/c1-6-3-7(2,8)5-9(10)4-6/h3-4H,5H2,1-2H3. The van der Waals surface area contributed by atoms with E-state index < -0.39 is 0 Å². The minimum Gasteiger partial charge on any atom is -0.624 e. The molecule has 0 aliphatic carbocycles. The summed E-state index contributed by atoms with van der Waals surface area (Å²) in [4.78, 5) is 0. The van der Waals surface area contributed by atoms with Crippen LogP contribution in [0.25, 0.3) is 0 Å². The lowest BCUT2D eigenvalue weighted by molar-refractivity contribution is -0.456. The zero-order valence-corrected chi connectivity index (χ0v) is 7.68. The lowest BCUT2D eigenvalue weighted by atomic mass is 10.1. The van der Waals surface area contributed by atoms with Crippen LogP contribution in [0.3, 0.4) is 0 Å². The number of rotatable bonds is 0. The van der Waals surface area contributed by atoms with Gasteiger partial charge in [-0.1, -0.05) is 22.0 Å². The van der Waals surface area contributed by atoms with Crippen LogP contribution in [0.4, 0.5) is 0 Å². The van der Waals surface area contributed by atoms with E-state index in [0.29, 0.717) is 6.54 Å². The van der Waals surface area contributed by atoms with E-state index in [9.17, 15) is 5.21 Å². The molecule has 0 amide bonds. The predicted molar refractivity (Wildman–Crippen MR) is 45.6 cm³/mol. The highest BCUT2D eigenvalue weighted by molar-refractivity contribution is 9.10. The maximum absolute atomic E-state index is 10.9. The summed E-state index contributed by atoms with van der Waals surface area (Å²) in [5, 5.41) is 10.9. The number of hydroxylamine groups is 1. The van der Waals surface area contributed by atoms with Crippen LogP contribution in [0.5, 0.6) is 0 Å². The summed E-state index contributed by atoms with van der Waals surface area (Å²) in [5.74, 6) is 0. The van der Waals surface area contributed by atoms with Crippen LogP contribution in [-0.4, -0.2) is 21.8 Å². The molecule has 0 bridgehead atoms. The highest BCUT2D eigenvalue weighted by atomic mass is 79.9. The molecule has 0 radical (unpaired) electrons. The number of hydrogen-bond acceptors (Lipinski definition) is 1. The molecule has 0 saturated carbocycles.